The molecule has 0 saturated carbocycles. The maximum Gasteiger partial charge on any atom is 0.337 e. The predicted molar refractivity (Wildman–Crippen MR) is 60.0 cm³/mol. The summed E-state index contributed by atoms with van der Waals surface area (Å²) in [5.74, 6) is -0.869. The van der Waals surface area contributed by atoms with Crippen LogP contribution >= 0.6 is 0 Å². The van der Waals surface area contributed by atoms with Crippen molar-refractivity contribution in [3.63, 3.8) is 0 Å². The molecule has 0 unspecified atom stereocenters. The maximum absolute atomic E-state index is 11.6. The van der Waals surface area contributed by atoms with Crippen molar-refractivity contribution >= 4 is 5.97 Å². The molecule has 1 aliphatic rings. The average Bonchev–Trinajstić information content (AvgIpc) is 2.74. The first-order chi connectivity index (χ1) is 7.67. The Morgan fingerprint density at radius 3 is 2.56 bits per heavy atom. The van der Waals surface area contributed by atoms with Crippen molar-refractivity contribution in [1.82, 2.24) is 0 Å². The number of carbonyl (C=O) groups is 1. The van der Waals surface area contributed by atoms with E-state index in [4.69, 9.17) is 14.2 Å². The van der Waals surface area contributed by atoms with E-state index in [0.717, 1.165) is 25.7 Å². The normalized spacial score (nSPS) is 23.3. The van der Waals surface area contributed by atoms with E-state index in [0.29, 0.717) is 13.2 Å². The Morgan fingerprint density at radius 2 is 2.06 bits per heavy atom. The number of hydrogen-bond acceptors (Lipinski definition) is 4. The van der Waals surface area contributed by atoms with Gasteiger partial charge in [-0.1, -0.05) is 27.2 Å². The van der Waals surface area contributed by atoms with Crippen molar-refractivity contribution in [2.75, 3.05) is 13.2 Å². The van der Waals surface area contributed by atoms with Crippen LogP contribution in [0.5, 0.6) is 0 Å². The Labute approximate surface area is 97.2 Å². The molecule has 16 heavy (non-hydrogen) atoms. The molecule has 1 aliphatic heterocycles. The van der Waals surface area contributed by atoms with E-state index < -0.39 is 11.9 Å². The van der Waals surface area contributed by atoms with Crippen LogP contribution in [0.25, 0.3) is 0 Å². The van der Waals surface area contributed by atoms with Gasteiger partial charge in [0.1, 0.15) is 0 Å². The van der Waals surface area contributed by atoms with Crippen LogP contribution in [0.1, 0.15) is 46.5 Å². The highest BCUT2D eigenvalue weighted by atomic mass is 16.8. The third-order valence-corrected chi connectivity index (χ3v) is 2.94. The molecule has 4 heteroatoms. The first kappa shape index (κ1) is 13.5. The molecule has 0 spiro atoms. The molecule has 1 saturated heterocycles. The Hall–Kier alpha value is -0.610. The second-order valence-electron chi connectivity index (χ2n) is 4.06. The number of carbonyl (C=O) groups excluding carboxylic acids is 1. The zero-order valence-electron chi connectivity index (χ0n) is 10.5. The number of unbranched alkanes of at least 4 members (excludes halogenated alkanes) is 1. The third-order valence-electron chi connectivity index (χ3n) is 2.94. The summed E-state index contributed by atoms with van der Waals surface area (Å²) in [5.41, 5.74) is 0. The van der Waals surface area contributed by atoms with Crippen LogP contribution in [0.15, 0.2) is 0 Å². The zero-order valence-corrected chi connectivity index (χ0v) is 10.5. The molecule has 1 heterocycles. The standard InChI is InChI=1S/C12H22O4/c1-4-7-8-14-11(13)10-9-15-12(5-2,6-3)16-10/h10H,4-9H2,1-3H3/t10-/m1/s1. The van der Waals surface area contributed by atoms with Gasteiger partial charge in [-0.15, -0.1) is 0 Å². The number of rotatable bonds is 6. The fraction of sp³-hybridized carbons (Fsp3) is 0.917. The lowest BCUT2D eigenvalue weighted by molar-refractivity contribution is -0.185. The quantitative estimate of drug-likeness (QED) is 0.518. The maximum atomic E-state index is 11.6. The van der Waals surface area contributed by atoms with Gasteiger partial charge < -0.3 is 14.2 Å². The van der Waals surface area contributed by atoms with Crippen molar-refractivity contribution in [2.24, 2.45) is 0 Å². The molecule has 1 rings (SSSR count). The van der Waals surface area contributed by atoms with Gasteiger partial charge in [0.05, 0.1) is 13.2 Å². The molecule has 94 valence electrons. The summed E-state index contributed by atoms with van der Waals surface area (Å²) in [5, 5.41) is 0. The second-order valence-corrected chi connectivity index (χ2v) is 4.06. The zero-order chi connectivity index (χ0) is 12.0. The molecule has 0 aromatic rings. The molecule has 0 bridgehead atoms. The van der Waals surface area contributed by atoms with Crippen LogP contribution in [-0.4, -0.2) is 31.1 Å². The van der Waals surface area contributed by atoms with Gasteiger partial charge >= 0.3 is 5.97 Å². The molecule has 0 N–H and O–H groups in total. The molecule has 1 fully saturated rings. The Morgan fingerprint density at radius 1 is 1.38 bits per heavy atom. The van der Waals surface area contributed by atoms with Gasteiger partial charge in [-0.2, -0.15) is 0 Å². The van der Waals surface area contributed by atoms with Crippen molar-refractivity contribution in [3.05, 3.63) is 0 Å². The fourth-order valence-corrected chi connectivity index (χ4v) is 1.70. The smallest absolute Gasteiger partial charge is 0.337 e. The summed E-state index contributed by atoms with van der Waals surface area (Å²) in [6, 6.07) is 0. The van der Waals surface area contributed by atoms with Crippen molar-refractivity contribution < 1.29 is 19.0 Å². The molecule has 0 amide bonds. The van der Waals surface area contributed by atoms with Crippen LogP contribution in [-0.2, 0) is 19.0 Å². The highest BCUT2D eigenvalue weighted by Crippen LogP contribution is 2.30. The molecule has 0 radical (unpaired) electrons. The van der Waals surface area contributed by atoms with Crippen molar-refractivity contribution in [2.45, 2.75) is 58.3 Å². The summed E-state index contributed by atoms with van der Waals surface area (Å²) in [6.45, 7) is 6.83. The van der Waals surface area contributed by atoms with Gasteiger partial charge in [0.25, 0.3) is 0 Å². The topological polar surface area (TPSA) is 44.8 Å². The summed E-state index contributed by atoms with van der Waals surface area (Å²) in [7, 11) is 0. The van der Waals surface area contributed by atoms with Crippen molar-refractivity contribution in [3.8, 4) is 0 Å². The Kier molecular flexibility index (Phi) is 5.22. The number of hydrogen-bond donors (Lipinski definition) is 0. The van der Waals surface area contributed by atoms with E-state index >= 15 is 0 Å². The molecular formula is C12H22O4. The van der Waals surface area contributed by atoms with E-state index in [1.54, 1.807) is 0 Å². The van der Waals surface area contributed by atoms with E-state index in [2.05, 4.69) is 6.92 Å². The highest BCUT2D eigenvalue weighted by Gasteiger charge is 2.42. The largest absolute Gasteiger partial charge is 0.464 e. The van der Waals surface area contributed by atoms with Crippen molar-refractivity contribution in [1.29, 1.82) is 0 Å². The summed E-state index contributed by atoms with van der Waals surface area (Å²) in [6.07, 6.45) is 2.87. The molecule has 0 aromatic carbocycles. The van der Waals surface area contributed by atoms with Gasteiger partial charge in [0.15, 0.2) is 11.9 Å². The van der Waals surface area contributed by atoms with Crippen LogP contribution < -0.4 is 0 Å². The van der Waals surface area contributed by atoms with Gasteiger partial charge in [-0.25, -0.2) is 4.79 Å². The molecule has 0 aromatic heterocycles. The molecular weight excluding hydrogens is 208 g/mol. The fourth-order valence-electron chi connectivity index (χ4n) is 1.70. The predicted octanol–water partition coefficient (Wildman–Crippen LogP) is 2.26. The summed E-state index contributed by atoms with van der Waals surface area (Å²) < 4.78 is 16.3. The van der Waals surface area contributed by atoms with Gasteiger partial charge in [-0.3, -0.25) is 0 Å². The summed E-state index contributed by atoms with van der Waals surface area (Å²) in [4.78, 5) is 11.6. The lowest BCUT2D eigenvalue weighted by Crippen LogP contribution is -2.32. The summed E-state index contributed by atoms with van der Waals surface area (Å²) >= 11 is 0. The number of esters is 1. The first-order valence-electron chi connectivity index (χ1n) is 6.15. The van der Waals surface area contributed by atoms with Gasteiger partial charge in [0.2, 0.25) is 0 Å². The highest BCUT2D eigenvalue weighted by molar-refractivity contribution is 5.75. The van der Waals surface area contributed by atoms with E-state index in [9.17, 15) is 4.79 Å². The Balaban J connectivity index is 2.37. The number of ether oxygens (including phenoxy) is 3. The lowest BCUT2D eigenvalue weighted by Gasteiger charge is -2.24. The van der Waals surface area contributed by atoms with Gasteiger partial charge in [-0.05, 0) is 19.3 Å². The van der Waals surface area contributed by atoms with Crippen LogP contribution in [0.4, 0.5) is 0 Å². The van der Waals surface area contributed by atoms with Crippen LogP contribution in [0.3, 0.4) is 0 Å². The minimum absolute atomic E-state index is 0.294. The molecule has 4 nitrogen and oxygen atoms in total. The Bertz CT molecular complexity index is 223. The average molecular weight is 230 g/mol. The van der Waals surface area contributed by atoms with E-state index in [1.807, 2.05) is 13.8 Å². The second kappa shape index (κ2) is 6.21. The van der Waals surface area contributed by atoms with Crippen LogP contribution in [0.2, 0.25) is 0 Å². The van der Waals surface area contributed by atoms with Gasteiger partial charge in [0, 0.05) is 0 Å². The molecule has 1 atom stereocenters. The van der Waals surface area contributed by atoms with E-state index in [1.165, 1.54) is 0 Å². The minimum atomic E-state index is -0.575. The van der Waals surface area contributed by atoms with Crippen LogP contribution in [0, 0.1) is 0 Å². The lowest BCUT2D eigenvalue weighted by atomic mass is 10.1. The third kappa shape index (κ3) is 3.19. The monoisotopic (exact) mass is 230 g/mol. The minimum Gasteiger partial charge on any atom is -0.464 e. The molecule has 0 aliphatic carbocycles. The SMILES string of the molecule is CCCCOC(=O)[C@H]1COC(CC)(CC)O1. The van der Waals surface area contributed by atoms with E-state index in [-0.39, 0.29) is 5.97 Å². The first-order valence-corrected chi connectivity index (χ1v) is 6.15.